The summed E-state index contributed by atoms with van der Waals surface area (Å²) >= 11 is 0. The summed E-state index contributed by atoms with van der Waals surface area (Å²) in [5, 5.41) is 8.16. The molecule has 0 radical (unpaired) electrons. The minimum atomic E-state index is -1.10. The lowest BCUT2D eigenvalue weighted by atomic mass is 9.94. The molecule has 1 aliphatic carbocycles. The Balaban J connectivity index is 0.694. The third-order valence-electron chi connectivity index (χ3n) is 16.1. The summed E-state index contributed by atoms with van der Waals surface area (Å²) in [5.74, 6) is 1.09. The van der Waals surface area contributed by atoms with Gasteiger partial charge < -0.3 is 34.4 Å². The van der Waals surface area contributed by atoms with Crippen LogP contribution in [-0.2, 0) is 14.4 Å². The van der Waals surface area contributed by atoms with Crippen LogP contribution in [0.4, 0.5) is 15.9 Å². The zero-order valence-electron chi connectivity index (χ0n) is 39.9. The second-order valence-corrected chi connectivity index (χ2v) is 20.7. The van der Waals surface area contributed by atoms with E-state index in [9.17, 15) is 24.0 Å². The van der Waals surface area contributed by atoms with Gasteiger partial charge in [0.05, 0.1) is 28.8 Å². The van der Waals surface area contributed by atoms with Gasteiger partial charge in [-0.3, -0.25) is 39.2 Å². The highest BCUT2D eigenvalue weighted by Crippen LogP contribution is 2.47. The number of nitrogens with one attached hydrogen (secondary N) is 2. The number of piperidine rings is 2. The second-order valence-electron chi connectivity index (χ2n) is 20.7. The van der Waals surface area contributed by atoms with E-state index in [0.717, 1.165) is 107 Å². The van der Waals surface area contributed by atoms with Crippen LogP contribution in [0.5, 0.6) is 11.8 Å². The molecule has 12 rings (SSSR count). The van der Waals surface area contributed by atoms with E-state index in [1.165, 1.54) is 12.1 Å². The van der Waals surface area contributed by atoms with Crippen LogP contribution < -0.4 is 29.9 Å². The van der Waals surface area contributed by atoms with Crippen LogP contribution in [0.2, 0.25) is 0 Å². The fourth-order valence-corrected chi connectivity index (χ4v) is 12.2. The van der Waals surface area contributed by atoms with Crippen LogP contribution in [-0.4, -0.2) is 150 Å². The maximum absolute atomic E-state index is 17.1. The summed E-state index contributed by atoms with van der Waals surface area (Å²) in [6.07, 6.45) is 13.6. The molecule has 2 aromatic heterocycles. The van der Waals surface area contributed by atoms with Gasteiger partial charge in [-0.05, 0) is 74.4 Å². The van der Waals surface area contributed by atoms with Gasteiger partial charge in [-0.1, -0.05) is 36.3 Å². The zero-order valence-corrected chi connectivity index (χ0v) is 39.9. The molecule has 3 aromatic carbocycles. The van der Waals surface area contributed by atoms with Crippen LogP contribution in [0.1, 0.15) is 77.6 Å². The molecule has 7 aliphatic rings. The summed E-state index contributed by atoms with van der Waals surface area (Å²) in [6.45, 7) is 8.90. The van der Waals surface area contributed by atoms with Crippen LogP contribution in [0.3, 0.4) is 0 Å². The molecule has 370 valence electrons. The van der Waals surface area contributed by atoms with Gasteiger partial charge in [0.15, 0.2) is 11.6 Å². The van der Waals surface area contributed by atoms with Crippen molar-refractivity contribution >= 4 is 63.3 Å². The van der Waals surface area contributed by atoms with E-state index < -0.39 is 35.5 Å². The molecule has 6 aliphatic heterocycles. The Kier molecular flexibility index (Phi) is 11.8. The molecule has 5 aromatic rings. The number of halogens is 1. The van der Waals surface area contributed by atoms with E-state index in [2.05, 4.69) is 31.3 Å². The number of terminal acetylenes is 1. The monoisotopic (exact) mass is 974 g/mol. The Bertz CT molecular complexity index is 3090. The number of carbonyl (C=O) groups is 5. The molecule has 4 amide bonds. The minimum absolute atomic E-state index is 0.0183. The number of ether oxygens (including phenoxy) is 2. The first-order chi connectivity index (χ1) is 35.1. The third kappa shape index (κ3) is 8.36. The first-order valence-corrected chi connectivity index (χ1v) is 25.2. The highest BCUT2D eigenvalue weighted by Gasteiger charge is 2.48. The number of anilines is 2. The van der Waals surface area contributed by atoms with E-state index >= 15 is 4.39 Å². The van der Waals surface area contributed by atoms with Gasteiger partial charge in [-0.2, -0.15) is 9.97 Å². The smallest absolute Gasteiger partial charge is 0.319 e. The van der Waals surface area contributed by atoms with Crippen LogP contribution in [0.25, 0.3) is 32.9 Å². The molecule has 8 heterocycles. The lowest BCUT2D eigenvalue weighted by molar-refractivity contribution is -0.136. The first kappa shape index (κ1) is 46.0. The van der Waals surface area contributed by atoms with Gasteiger partial charge in [0.25, 0.3) is 18.3 Å². The number of piperazine rings is 2. The number of pyridine rings is 1. The molecule has 5 saturated heterocycles. The van der Waals surface area contributed by atoms with E-state index in [-0.39, 0.29) is 52.4 Å². The molecular formula is C54H55FN10O7. The van der Waals surface area contributed by atoms with Gasteiger partial charge in [-0.25, -0.2) is 4.39 Å². The van der Waals surface area contributed by atoms with Gasteiger partial charge in [0, 0.05) is 112 Å². The van der Waals surface area contributed by atoms with Crippen LogP contribution in [0, 0.1) is 29.5 Å². The van der Waals surface area contributed by atoms with Crippen molar-refractivity contribution in [1.29, 1.82) is 0 Å². The van der Waals surface area contributed by atoms with E-state index in [0.29, 0.717) is 72.2 Å². The summed E-state index contributed by atoms with van der Waals surface area (Å²) in [7, 11) is 0. The Morgan fingerprint density at radius 1 is 0.847 bits per heavy atom. The van der Waals surface area contributed by atoms with Crippen molar-refractivity contribution in [2.75, 3.05) is 81.9 Å². The number of hydrogen-bond donors (Lipinski definition) is 2. The molecule has 2 N–H and O–H groups in total. The van der Waals surface area contributed by atoms with Crippen molar-refractivity contribution in [2.45, 2.75) is 69.5 Å². The predicted octanol–water partition coefficient (Wildman–Crippen LogP) is 4.54. The van der Waals surface area contributed by atoms with Gasteiger partial charge in [-0.15, -0.1) is 6.42 Å². The number of amides is 4. The highest BCUT2D eigenvalue weighted by atomic mass is 19.1. The van der Waals surface area contributed by atoms with Crippen LogP contribution in [0.15, 0.2) is 54.7 Å². The van der Waals surface area contributed by atoms with E-state index in [1.807, 2.05) is 41.3 Å². The highest BCUT2D eigenvalue weighted by molar-refractivity contribution is 6.26. The second kappa shape index (κ2) is 18.5. The lowest BCUT2D eigenvalue weighted by Crippen LogP contribution is -2.54. The molecule has 0 spiro atoms. The van der Waals surface area contributed by atoms with Gasteiger partial charge >= 0.3 is 6.01 Å². The molecule has 1 saturated carbocycles. The van der Waals surface area contributed by atoms with E-state index in [1.54, 1.807) is 6.20 Å². The summed E-state index contributed by atoms with van der Waals surface area (Å²) in [4.78, 5) is 88.5. The standard InChI is InChI=1S/C54H55FN10O7/c1-2-33-5-3-6-34-7-4-8-37(43(33)34)46-45(55)47-39(25-56-46)49(64-27-35-9-10-36(28-64)57-35)60-53(59-47)71-30-54(17-18-54)29-62-23-21-61(22-24-62)26-32-15-19-63(20-16-32)48-41(72-31-66)13-11-38-44(48)52(70)65(51(38)69)40-12-14-42(67)58-50(40)68/h1,3-8,11,13,25,31-32,35-36,40,57H,9-10,12,14-24,26-30H2,(H,58,67,68). The molecule has 2 bridgehead atoms. The van der Waals surface area contributed by atoms with Gasteiger partial charge in [0.1, 0.15) is 23.1 Å². The zero-order chi connectivity index (χ0) is 49.3. The first-order valence-electron chi connectivity index (χ1n) is 25.2. The Labute approximate surface area is 415 Å². The Morgan fingerprint density at radius 3 is 2.32 bits per heavy atom. The summed E-state index contributed by atoms with van der Waals surface area (Å²) in [6, 6.07) is 14.2. The number of rotatable bonds is 13. The number of carbonyl (C=O) groups excluding carboxylic acids is 5. The number of aromatic nitrogens is 3. The molecule has 17 nitrogen and oxygen atoms in total. The van der Waals surface area contributed by atoms with E-state index in [4.69, 9.17) is 30.8 Å². The quantitative estimate of drug-likeness (QED) is 0.0953. The van der Waals surface area contributed by atoms with Crippen molar-refractivity contribution < 1.29 is 37.8 Å². The molecule has 6 fully saturated rings. The predicted molar refractivity (Wildman–Crippen MR) is 265 cm³/mol. The molecule has 3 unspecified atom stereocenters. The maximum atomic E-state index is 17.1. The summed E-state index contributed by atoms with van der Waals surface area (Å²) in [5.41, 5.74) is 2.23. The maximum Gasteiger partial charge on any atom is 0.319 e. The van der Waals surface area contributed by atoms with Crippen molar-refractivity contribution in [2.24, 2.45) is 11.3 Å². The molecule has 3 atom stereocenters. The lowest BCUT2D eigenvalue weighted by Gasteiger charge is -2.40. The molecule has 72 heavy (non-hydrogen) atoms. The number of benzene rings is 3. The van der Waals surface area contributed by atoms with Crippen LogP contribution >= 0.6 is 0 Å². The van der Waals surface area contributed by atoms with Crippen molar-refractivity contribution in [3.05, 3.63) is 77.2 Å². The number of imide groups is 2. The number of hydrogen-bond acceptors (Lipinski definition) is 15. The Morgan fingerprint density at radius 2 is 1.60 bits per heavy atom. The normalized spacial score (nSPS) is 23.4. The van der Waals surface area contributed by atoms with Crippen molar-refractivity contribution in [3.63, 3.8) is 0 Å². The minimum Gasteiger partial charge on any atom is -0.463 e. The van der Waals surface area contributed by atoms with Gasteiger partial charge in [0.2, 0.25) is 11.8 Å². The topological polar surface area (TPSA) is 183 Å². The molecule has 18 heteroatoms. The third-order valence-corrected chi connectivity index (χ3v) is 16.1. The summed E-state index contributed by atoms with van der Waals surface area (Å²) < 4.78 is 29.0. The average Bonchev–Trinajstić information content (AvgIpc) is 4.01. The SMILES string of the molecule is C#Cc1cccc2cccc(-c3ncc4c(N5CC6CCC(C5)N6)nc(OCC5(CN6CCN(CC7CCN(c8c(OC=O)ccc9c8C(=O)N(C8CCC(=O)NC8=O)C9=O)CC7)CC6)CC5)nc4c3F)c12. The number of fused-ring (bicyclic) bond motifs is 5. The fourth-order valence-electron chi connectivity index (χ4n) is 12.2. The Hall–Kier alpha value is -7.07. The number of nitrogens with zero attached hydrogens (tertiary/aromatic N) is 8. The molecular weight excluding hydrogens is 920 g/mol. The largest absolute Gasteiger partial charge is 0.463 e. The van der Waals surface area contributed by atoms with Crippen molar-refractivity contribution in [3.8, 4) is 35.4 Å². The average molecular weight is 975 g/mol. The van der Waals surface area contributed by atoms with Crippen molar-refractivity contribution in [1.82, 2.24) is 40.3 Å². The fraction of sp³-hybridized carbons (Fsp3) is 0.444.